The molecule has 2 aliphatic rings. The molecule has 35 heavy (non-hydrogen) atoms. The van der Waals surface area contributed by atoms with Gasteiger partial charge in [-0.15, -0.1) is 0 Å². The van der Waals surface area contributed by atoms with E-state index in [-0.39, 0.29) is 125 Å². The maximum atomic E-state index is 12.8. The van der Waals surface area contributed by atoms with Crippen LogP contribution in [0.5, 0.6) is 5.75 Å². The van der Waals surface area contributed by atoms with Gasteiger partial charge in [-0.25, -0.2) is 0 Å². The largest absolute Gasteiger partial charge is 1.00 e. The van der Waals surface area contributed by atoms with E-state index >= 15 is 0 Å². The van der Waals surface area contributed by atoms with Gasteiger partial charge in [0.15, 0.2) is 5.76 Å². The van der Waals surface area contributed by atoms with Gasteiger partial charge in [-0.05, 0) is 102 Å². The molecule has 4 rings (SSSR count). The van der Waals surface area contributed by atoms with Crippen molar-refractivity contribution in [2.75, 3.05) is 0 Å². The van der Waals surface area contributed by atoms with Crippen LogP contribution in [-0.4, -0.2) is 5.97 Å². The first-order chi connectivity index (χ1) is 15.4. The van der Waals surface area contributed by atoms with Crippen LogP contribution >= 0.6 is 137 Å². The number of rotatable bonds is 2. The first-order valence-electron chi connectivity index (χ1n) is 8.39. The second kappa shape index (κ2) is 13.0. The molecule has 0 N–H and O–H groups in total. The summed E-state index contributed by atoms with van der Waals surface area (Å²) in [5.41, 5.74) is -0.0561. The SMILES string of the molecule is O=C([O-])c1c(Cl)c(Cl)c(Cl)c(Cl)c1-c1c2cc(I)c(=O)c(I)c-2oc2cc(I)c([O-])c(I)c12.[Na+].[Na+]. The van der Waals surface area contributed by atoms with Crippen molar-refractivity contribution in [3.63, 3.8) is 0 Å². The van der Waals surface area contributed by atoms with Crippen molar-refractivity contribution in [3.05, 3.63) is 62.3 Å². The first kappa shape index (κ1) is 33.7. The molecule has 0 amide bonds. The third-order valence-electron chi connectivity index (χ3n) is 4.72. The van der Waals surface area contributed by atoms with Gasteiger partial charge >= 0.3 is 59.1 Å². The van der Waals surface area contributed by atoms with Crippen LogP contribution in [0, 0.1) is 14.3 Å². The quantitative estimate of drug-likeness (QED) is 0.0986. The van der Waals surface area contributed by atoms with Crippen molar-refractivity contribution in [2.45, 2.75) is 0 Å². The van der Waals surface area contributed by atoms with E-state index < -0.39 is 11.5 Å². The van der Waals surface area contributed by atoms with E-state index in [1.165, 1.54) is 12.1 Å². The molecule has 0 fully saturated rings. The van der Waals surface area contributed by atoms with E-state index in [0.717, 1.165) is 0 Å². The van der Waals surface area contributed by atoms with Crippen molar-refractivity contribution in [2.24, 2.45) is 0 Å². The second-order valence-corrected chi connectivity index (χ2v) is 12.5. The summed E-state index contributed by atoms with van der Waals surface area (Å²) in [7, 11) is 0. The summed E-state index contributed by atoms with van der Waals surface area (Å²) in [6, 6.07) is 3.04. The summed E-state index contributed by atoms with van der Waals surface area (Å²) in [5, 5.41) is 24.3. The minimum atomic E-state index is -1.65. The number of carbonyl (C=O) groups is 1. The normalized spacial score (nSPS) is 10.9. The average Bonchev–Trinajstić information content (AvgIpc) is 2.76. The molecule has 2 aromatic carbocycles. The van der Waals surface area contributed by atoms with Gasteiger partial charge in [0.25, 0.3) is 0 Å². The monoisotopic (exact) mass is 1020 g/mol. The fraction of sp³-hybridized carbons (Fsp3) is 0. The van der Waals surface area contributed by atoms with Crippen LogP contribution < -0.4 is 74.8 Å². The smallest absolute Gasteiger partial charge is 0.871 e. The standard InChI is InChI=1S/C20H4Cl4I4O5.2Na/c21-11-9(10(20(31)32)12(22)14(24)13(11)23)7-3-1-4(25)18(30)16(28)19(3)33-6-2-5(26)17(29)15(27)8(6)7;;/h1-2,29H,(H,31,32);;/q;2*+1/p-2. The van der Waals surface area contributed by atoms with Gasteiger partial charge in [0.1, 0.15) is 9.15 Å². The Morgan fingerprint density at radius 1 is 0.829 bits per heavy atom. The molecule has 1 aliphatic carbocycles. The van der Waals surface area contributed by atoms with E-state index in [0.29, 0.717) is 12.7 Å². The third kappa shape index (κ3) is 5.80. The number of carboxylic acids is 1. The Bertz CT molecular complexity index is 1580. The molecule has 0 aromatic heterocycles. The molecule has 5 nitrogen and oxygen atoms in total. The van der Waals surface area contributed by atoms with Gasteiger partial charge in [0, 0.05) is 34.8 Å². The summed E-state index contributed by atoms with van der Waals surface area (Å²) in [6.07, 6.45) is 0. The fourth-order valence-electron chi connectivity index (χ4n) is 3.32. The van der Waals surface area contributed by atoms with Gasteiger partial charge in [0.2, 0.25) is 5.43 Å². The Morgan fingerprint density at radius 2 is 1.40 bits per heavy atom. The molecule has 170 valence electrons. The molecule has 0 spiro atoms. The molecular weight excluding hydrogens is 1020 g/mol. The van der Waals surface area contributed by atoms with Crippen molar-refractivity contribution >= 4 is 154 Å². The zero-order chi connectivity index (χ0) is 24.5. The van der Waals surface area contributed by atoms with Gasteiger partial charge < -0.3 is 19.4 Å². The molecule has 1 heterocycles. The van der Waals surface area contributed by atoms with E-state index in [2.05, 4.69) is 0 Å². The van der Waals surface area contributed by atoms with E-state index in [4.69, 9.17) is 50.8 Å². The van der Waals surface area contributed by atoms with Gasteiger partial charge in [-0.3, -0.25) is 4.79 Å². The molecular formula is C20H2Cl4I4Na2O5. The van der Waals surface area contributed by atoms with Crippen molar-refractivity contribution < 1.29 is 78.5 Å². The van der Waals surface area contributed by atoms with Crippen molar-refractivity contribution in [3.8, 4) is 28.2 Å². The number of carbonyl (C=O) groups excluding carboxylic acids is 1. The number of benzene rings is 3. The molecule has 2 aromatic rings. The zero-order valence-electron chi connectivity index (χ0n) is 17.2. The summed E-state index contributed by atoms with van der Waals surface area (Å²) in [6.45, 7) is 0. The minimum absolute atomic E-state index is 0. The number of hydrogen-bond donors (Lipinski definition) is 0. The summed E-state index contributed by atoms with van der Waals surface area (Å²) >= 11 is 32.7. The number of halogens is 8. The van der Waals surface area contributed by atoms with Crippen molar-refractivity contribution in [1.29, 1.82) is 0 Å². The molecule has 0 saturated heterocycles. The number of hydrogen-bond acceptors (Lipinski definition) is 5. The van der Waals surface area contributed by atoms with Crippen LogP contribution in [0.4, 0.5) is 0 Å². The van der Waals surface area contributed by atoms with Gasteiger partial charge in [0.05, 0.1) is 29.6 Å². The Morgan fingerprint density at radius 3 is 1.97 bits per heavy atom. The van der Waals surface area contributed by atoms with Crippen LogP contribution in [0.2, 0.25) is 20.1 Å². The average molecular weight is 1020 g/mol. The van der Waals surface area contributed by atoms with Crippen LogP contribution in [0.3, 0.4) is 0 Å². The topological polar surface area (TPSA) is 93.4 Å². The maximum Gasteiger partial charge on any atom is 1.00 e. The number of fused-ring (bicyclic) bond motifs is 2. The fourth-order valence-corrected chi connectivity index (χ4v) is 8.03. The Balaban J connectivity index is 0.00000216. The molecule has 1 aliphatic heterocycles. The Kier molecular flexibility index (Phi) is 12.5. The van der Waals surface area contributed by atoms with E-state index in [1.807, 2.05) is 90.4 Å². The van der Waals surface area contributed by atoms with Gasteiger partial charge in [-0.1, -0.05) is 52.2 Å². The molecule has 0 saturated carbocycles. The number of carboxylic acid groups (broad SMARTS) is 1. The van der Waals surface area contributed by atoms with E-state index in [9.17, 15) is 19.8 Å². The van der Waals surface area contributed by atoms with Crippen LogP contribution in [0.1, 0.15) is 10.4 Å². The van der Waals surface area contributed by atoms with E-state index in [1.54, 1.807) is 0 Å². The Hall–Kier alpha value is 2.48. The predicted molar refractivity (Wildman–Crippen MR) is 159 cm³/mol. The number of aromatic carboxylic acids is 1. The third-order valence-corrected chi connectivity index (χ3v) is 10.1. The summed E-state index contributed by atoms with van der Waals surface area (Å²) in [5.74, 6) is -1.75. The minimum Gasteiger partial charge on any atom is -0.871 e. The molecule has 0 bridgehead atoms. The molecule has 15 heteroatoms. The van der Waals surface area contributed by atoms with Crippen LogP contribution in [0.15, 0.2) is 21.3 Å². The second-order valence-electron chi connectivity index (χ2n) is 6.52. The van der Waals surface area contributed by atoms with Crippen LogP contribution in [-0.2, 0) is 0 Å². The van der Waals surface area contributed by atoms with Gasteiger partial charge in [-0.2, -0.15) is 0 Å². The molecule has 0 radical (unpaired) electrons. The summed E-state index contributed by atoms with van der Waals surface area (Å²) in [4.78, 5) is 24.8. The molecule has 0 atom stereocenters. The van der Waals surface area contributed by atoms with Crippen LogP contribution in [0.25, 0.3) is 33.4 Å². The maximum absolute atomic E-state index is 12.8. The van der Waals surface area contributed by atoms with Crippen molar-refractivity contribution in [1.82, 2.24) is 0 Å². The molecule has 0 unspecified atom stereocenters. The summed E-state index contributed by atoms with van der Waals surface area (Å²) < 4.78 is 7.31. The Labute approximate surface area is 316 Å². The predicted octanol–water partition coefficient (Wildman–Crippen LogP) is 1.04. The zero-order valence-corrected chi connectivity index (χ0v) is 32.9. The first-order valence-corrected chi connectivity index (χ1v) is 14.2.